The Bertz CT molecular complexity index is 1110. The highest BCUT2D eigenvalue weighted by Gasteiger charge is 2.13. The number of nitrogens with two attached hydrogens (primary N) is 1. The number of pyridine rings is 1. The molecule has 0 aliphatic rings. The molecule has 3 N–H and O–H groups in total. The molecule has 8 heteroatoms. The van der Waals surface area contributed by atoms with E-state index in [4.69, 9.17) is 5.84 Å². The number of anilines is 1. The summed E-state index contributed by atoms with van der Waals surface area (Å²) in [6.45, 7) is 0. The van der Waals surface area contributed by atoms with Crippen LogP contribution in [0.25, 0.3) is 22.2 Å². The maximum Gasteiger partial charge on any atom is 0.225 e. The maximum absolute atomic E-state index is 12.4. The third kappa shape index (κ3) is 3.81. The zero-order chi connectivity index (χ0) is 19.3. The molecule has 0 fully saturated rings. The van der Waals surface area contributed by atoms with Gasteiger partial charge in [-0.2, -0.15) is 0 Å². The Kier molecular flexibility index (Phi) is 5.20. The number of hydrogen-bond donors (Lipinski definition) is 2. The number of amides is 1. The molecule has 0 unspecified atom stereocenters. The van der Waals surface area contributed by atoms with Gasteiger partial charge in [-0.05, 0) is 23.6 Å². The van der Waals surface area contributed by atoms with Gasteiger partial charge >= 0.3 is 0 Å². The van der Waals surface area contributed by atoms with E-state index in [9.17, 15) is 4.79 Å². The van der Waals surface area contributed by atoms with Gasteiger partial charge in [0.1, 0.15) is 0 Å². The molecule has 0 aliphatic carbocycles. The van der Waals surface area contributed by atoms with Gasteiger partial charge in [0, 0.05) is 41.2 Å². The van der Waals surface area contributed by atoms with Crippen molar-refractivity contribution >= 4 is 34.1 Å². The lowest BCUT2D eigenvalue weighted by Gasteiger charge is -2.08. The topological polar surface area (TPSA) is 98.7 Å². The van der Waals surface area contributed by atoms with Crippen LogP contribution in [0.1, 0.15) is 6.42 Å². The predicted molar refractivity (Wildman–Crippen MR) is 111 cm³/mol. The first-order valence-electron chi connectivity index (χ1n) is 8.73. The average Bonchev–Trinajstić information content (AvgIpc) is 3.09. The molecule has 0 aliphatic heterocycles. The number of nitrogens with zero attached hydrogens (tertiary/aromatic N) is 4. The van der Waals surface area contributed by atoms with Crippen LogP contribution in [0.2, 0.25) is 0 Å². The lowest BCUT2D eigenvalue weighted by molar-refractivity contribution is -0.115. The maximum atomic E-state index is 12.4. The van der Waals surface area contributed by atoms with Crippen LogP contribution in [0.5, 0.6) is 0 Å². The van der Waals surface area contributed by atoms with Gasteiger partial charge in [0.05, 0.1) is 0 Å². The van der Waals surface area contributed by atoms with Crippen molar-refractivity contribution in [2.75, 3.05) is 16.9 Å². The number of hydrogen-bond acceptors (Lipinski definition) is 6. The molecule has 2 aromatic carbocycles. The molecule has 0 saturated carbocycles. The minimum Gasteiger partial charge on any atom is -0.335 e. The fourth-order valence-corrected chi connectivity index (χ4v) is 3.65. The van der Waals surface area contributed by atoms with Crippen LogP contribution in [0.15, 0.2) is 72.1 Å². The van der Waals surface area contributed by atoms with Gasteiger partial charge in [0.15, 0.2) is 5.82 Å². The molecule has 0 atom stereocenters. The lowest BCUT2D eigenvalue weighted by Crippen LogP contribution is -2.14. The zero-order valence-corrected chi connectivity index (χ0v) is 15.8. The van der Waals surface area contributed by atoms with Crippen LogP contribution in [0.3, 0.4) is 0 Å². The zero-order valence-electron chi connectivity index (χ0n) is 14.9. The summed E-state index contributed by atoms with van der Waals surface area (Å²) in [6, 6.07) is 17.5. The Morgan fingerprint density at radius 3 is 2.68 bits per heavy atom. The molecular formula is C20H18N6OS. The Hall–Kier alpha value is -3.39. The molecule has 7 nitrogen and oxygen atoms in total. The van der Waals surface area contributed by atoms with Gasteiger partial charge in [0.2, 0.25) is 11.1 Å². The molecule has 0 spiro atoms. The van der Waals surface area contributed by atoms with Crippen LogP contribution < -0.4 is 11.2 Å². The molecule has 0 radical (unpaired) electrons. The molecule has 28 heavy (non-hydrogen) atoms. The summed E-state index contributed by atoms with van der Waals surface area (Å²) in [6.07, 6.45) is 3.69. The van der Waals surface area contributed by atoms with Crippen LogP contribution in [-0.4, -0.2) is 31.5 Å². The number of nitrogen functional groups attached to an aromatic ring is 1. The van der Waals surface area contributed by atoms with Gasteiger partial charge in [0.25, 0.3) is 0 Å². The summed E-state index contributed by atoms with van der Waals surface area (Å²) < 4.78 is 1.43. The summed E-state index contributed by atoms with van der Waals surface area (Å²) in [4.78, 5) is 16.3. The number of fused-ring (bicyclic) bond motifs is 1. The third-order valence-electron chi connectivity index (χ3n) is 4.23. The van der Waals surface area contributed by atoms with E-state index in [2.05, 4.69) is 20.5 Å². The first-order chi connectivity index (χ1) is 13.7. The Morgan fingerprint density at radius 1 is 1.04 bits per heavy atom. The largest absolute Gasteiger partial charge is 0.335 e. The number of rotatable bonds is 6. The molecule has 1 amide bonds. The molecule has 2 heterocycles. The predicted octanol–water partition coefficient (Wildman–Crippen LogP) is 3.33. The second kappa shape index (κ2) is 8.10. The number of benzene rings is 2. The summed E-state index contributed by atoms with van der Waals surface area (Å²) >= 11 is 1.39. The number of carbonyl (C=O) groups excluding carboxylic acids is 1. The van der Waals surface area contributed by atoms with Crippen LogP contribution in [0.4, 0.5) is 5.69 Å². The van der Waals surface area contributed by atoms with Crippen molar-refractivity contribution in [3.05, 3.63) is 67.0 Å². The second-order valence-corrected chi connectivity index (χ2v) is 7.15. The van der Waals surface area contributed by atoms with E-state index in [1.807, 2.05) is 54.6 Å². The average molecular weight is 390 g/mol. The van der Waals surface area contributed by atoms with E-state index in [-0.39, 0.29) is 5.91 Å². The van der Waals surface area contributed by atoms with E-state index < -0.39 is 0 Å². The Labute approximate surface area is 166 Å². The monoisotopic (exact) mass is 390 g/mol. The van der Waals surface area contributed by atoms with E-state index in [0.29, 0.717) is 23.2 Å². The molecule has 0 saturated heterocycles. The molecule has 2 aromatic heterocycles. The summed E-state index contributed by atoms with van der Waals surface area (Å²) in [5.74, 6) is 7.14. The molecule has 4 aromatic rings. The third-order valence-corrected chi connectivity index (χ3v) is 5.17. The van der Waals surface area contributed by atoms with Crippen molar-refractivity contribution in [3.8, 4) is 11.4 Å². The fraction of sp³-hybridized carbons (Fsp3) is 0.100. The summed E-state index contributed by atoms with van der Waals surface area (Å²) in [7, 11) is 0. The SMILES string of the molecule is Nn1c(SCCC(=O)Nc2cccc3ccccc23)nnc1-c1ccncc1. The van der Waals surface area contributed by atoms with Crippen molar-refractivity contribution in [1.82, 2.24) is 19.9 Å². The van der Waals surface area contributed by atoms with Crippen molar-refractivity contribution < 1.29 is 4.79 Å². The van der Waals surface area contributed by atoms with E-state index in [0.717, 1.165) is 22.0 Å². The fourth-order valence-electron chi connectivity index (χ4n) is 2.86. The summed E-state index contributed by atoms with van der Waals surface area (Å²) in [5.41, 5.74) is 1.65. The Morgan fingerprint density at radius 2 is 1.82 bits per heavy atom. The minimum atomic E-state index is -0.0544. The number of thioether (sulfide) groups is 1. The van der Waals surface area contributed by atoms with Gasteiger partial charge < -0.3 is 11.2 Å². The van der Waals surface area contributed by atoms with Crippen molar-refractivity contribution in [3.63, 3.8) is 0 Å². The van der Waals surface area contributed by atoms with Crippen LogP contribution >= 0.6 is 11.8 Å². The lowest BCUT2D eigenvalue weighted by atomic mass is 10.1. The Balaban J connectivity index is 1.37. The quantitative estimate of drug-likeness (QED) is 0.387. The molecular weight excluding hydrogens is 372 g/mol. The first kappa shape index (κ1) is 18.0. The first-order valence-corrected chi connectivity index (χ1v) is 9.72. The van der Waals surface area contributed by atoms with Gasteiger partial charge in [-0.1, -0.05) is 48.2 Å². The highest BCUT2D eigenvalue weighted by molar-refractivity contribution is 7.99. The number of nitrogens with one attached hydrogen (secondary N) is 1. The number of aromatic nitrogens is 4. The highest BCUT2D eigenvalue weighted by Crippen LogP contribution is 2.24. The summed E-state index contributed by atoms with van der Waals surface area (Å²) in [5, 5.41) is 13.9. The standard InChI is InChI=1S/C20H18N6OS/c21-26-19(15-8-11-22-12-9-15)24-25-20(26)28-13-10-18(27)23-17-7-3-5-14-4-1-2-6-16(14)17/h1-9,11-12H,10,13,21H2,(H,23,27). The molecule has 140 valence electrons. The van der Waals surface area contributed by atoms with Crippen LogP contribution in [-0.2, 0) is 4.79 Å². The second-order valence-electron chi connectivity index (χ2n) is 6.09. The highest BCUT2D eigenvalue weighted by atomic mass is 32.2. The smallest absolute Gasteiger partial charge is 0.225 e. The van der Waals surface area contributed by atoms with Gasteiger partial charge in [-0.3, -0.25) is 9.78 Å². The normalized spacial score (nSPS) is 10.9. The minimum absolute atomic E-state index is 0.0544. The van der Waals surface area contributed by atoms with E-state index >= 15 is 0 Å². The van der Waals surface area contributed by atoms with Gasteiger partial charge in [-0.25, -0.2) is 4.68 Å². The van der Waals surface area contributed by atoms with Crippen molar-refractivity contribution in [2.24, 2.45) is 0 Å². The molecule has 0 bridgehead atoms. The number of carbonyl (C=O) groups is 1. The molecule has 4 rings (SSSR count). The van der Waals surface area contributed by atoms with Crippen molar-refractivity contribution in [1.29, 1.82) is 0 Å². The van der Waals surface area contributed by atoms with Crippen LogP contribution in [0, 0.1) is 0 Å². The van der Waals surface area contributed by atoms with E-state index in [1.165, 1.54) is 16.4 Å². The van der Waals surface area contributed by atoms with Crippen molar-refractivity contribution in [2.45, 2.75) is 11.6 Å². The van der Waals surface area contributed by atoms with Gasteiger partial charge in [-0.15, -0.1) is 10.2 Å². The van der Waals surface area contributed by atoms with E-state index in [1.54, 1.807) is 12.4 Å².